The predicted molar refractivity (Wildman–Crippen MR) is 77.7 cm³/mol. The van der Waals surface area contributed by atoms with Crippen LogP contribution in [-0.2, 0) is 9.47 Å². The zero-order valence-corrected chi connectivity index (χ0v) is 12.2. The molecule has 19 heavy (non-hydrogen) atoms. The van der Waals surface area contributed by atoms with Gasteiger partial charge in [-0.05, 0) is 37.1 Å². The summed E-state index contributed by atoms with van der Waals surface area (Å²) in [6, 6.07) is 7.93. The minimum atomic E-state index is 0.0836. The van der Waals surface area contributed by atoms with Crippen molar-refractivity contribution in [2.24, 2.45) is 0 Å². The van der Waals surface area contributed by atoms with Gasteiger partial charge in [0.15, 0.2) is 0 Å². The molecule has 1 aliphatic rings. The summed E-state index contributed by atoms with van der Waals surface area (Å²) in [6.45, 7) is 5.49. The van der Waals surface area contributed by atoms with Crippen LogP contribution < -0.4 is 5.32 Å². The molecule has 1 aliphatic heterocycles. The first-order valence-corrected chi connectivity index (χ1v) is 7.36. The van der Waals surface area contributed by atoms with Gasteiger partial charge in [-0.15, -0.1) is 0 Å². The van der Waals surface area contributed by atoms with Crippen molar-refractivity contribution in [3.05, 3.63) is 34.9 Å². The first kappa shape index (κ1) is 14.8. The van der Waals surface area contributed by atoms with E-state index in [0.29, 0.717) is 6.10 Å². The molecule has 1 aromatic rings. The van der Waals surface area contributed by atoms with Crippen LogP contribution >= 0.6 is 11.6 Å². The minimum Gasteiger partial charge on any atom is -0.381 e. The van der Waals surface area contributed by atoms with Gasteiger partial charge >= 0.3 is 0 Å². The Morgan fingerprint density at radius 2 is 2.00 bits per heavy atom. The number of benzene rings is 1. The van der Waals surface area contributed by atoms with Gasteiger partial charge in [0.1, 0.15) is 0 Å². The van der Waals surface area contributed by atoms with E-state index in [4.69, 9.17) is 21.1 Å². The molecule has 1 fully saturated rings. The second-order valence-corrected chi connectivity index (χ2v) is 5.23. The maximum absolute atomic E-state index is 6.23. The van der Waals surface area contributed by atoms with E-state index in [-0.39, 0.29) is 6.10 Å². The second kappa shape index (κ2) is 7.85. The molecule has 0 aliphatic carbocycles. The quantitative estimate of drug-likeness (QED) is 0.870. The fourth-order valence-corrected chi connectivity index (χ4v) is 2.37. The number of nitrogens with one attached hydrogen (secondary N) is 1. The van der Waals surface area contributed by atoms with Crippen LogP contribution in [0, 0.1) is 0 Å². The monoisotopic (exact) mass is 283 g/mol. The maximum atomic E-state index is 6.23. The molecule has 0 radical (unpaired) electrons. The zero-order valence-electron chi connectivity index (χ0n) is 11.4. The normalized spacial score (nSPS) is 18.4. The molecular formula is C15H22ClNO2. The van der Waals surface area contributed by atoms with Crippen molar-refractivity contribution in [2.75, 3.05) is 26.3 Å². The minimum absolute atomic E-state index is 0.0836. The zero-order chi connectivity index (χ0) is 13.5. The van der Waals surface area contributed by atoms with Gasteiger partial charge in [-0.25, -0.2) is 0 Å². The third-order valence-corrected chi connectivity index (χ3v) is 3.60. The molecule has 0 amide bonds. The van der Waals surface area contributed by atoms with Gasteiger partial charge < -0.3 is 14.8 Å². The summed E-state index contributed by atoms with van der Waals surface area (Å²) in [4.78, 5) is 0. The molecule has 3 nitrogen and oxygen atoms in total. The third-order valence-electron chi connectivity index (χ3n) is 3.35. The Hall–Kier alpha value is -0.610. The smallest absolute Gasteiger partial charge is 0.0953 e. The van der Waals surface area contributed by atoms with Crippen LogP contribution in [0.1, 0.15) is 31.4 Å². The average molecular weight is 284 g/mol. The number of hydrogen-bond donors (Lipinski definition) is 1. The van der Waals surface area contributed by atoms with Gasteiger partial charge in [0.05, 0.1) is 12.2 Å². The SMILES string of the molecule is CCNCC(OC1CCOCC1)c1ccc(Cl)cc1. The van der Waals surface area contributed by atoms with E-state index < -0.39 is 0 Å². The molecular weight excluding hydrogens is 262 g/mol. The molecule has 1 unspecified atom stereocenters. The van der Waals surface area contributed by atoms with Crippen LogP contribution in [0.2, 0.25) is 5.02 Å². The summed E-state index contributed by atoms with van der Waals surface area (Å²) >= 11 is 5.94. The Morgan fingerprint density at radius 3 is 2.63 bits per heavy atom. The molecule has 2 rings (SSSR count). The summed E-state index contributed by atoms with van der Waals surface area (Å²) in [6.07, 6.45) is 2.35. The molecule has 1 aromatic carbocycles. The standard InChI is InChI=1S/C15H22ClNO2/c1-2-17-11-15(12-3-5-13(16)6-4-12)19-14-7-9-18-10-8-14/h3-6,14-15,17H,2,7-11H2,1H3. The largest absolute Gasteiger partial charge is 0.381 e. The Bertz CT molecular complexity index is 363. The van der Waals surface area contributed by atoms with Gasteiger partial charge in [0, 0.05) is 24.8 Å². The molecule has 4 heteroatoms. The molecule has 1 heterocycles. The fraction of sp³-hybridized carbons (Fsp3) is 0.600. The Kier molecular flexibility index (Phi) is 6.11. The first-order chi connectivity index (χ1) is 9.29. The molecule has 1 atom stereocenters. The lowest BCUT2D eigenvalue weighted by atomic mass is 10.1. The topological polar surface area (TPSA) is 30.5 Å². The van der Waals surface area contributed by atoms with Gasteiger partial charge in [0.25, 0.3) is 0 Å². The van der Waals surface area contributed by atoms with Crippen LogP contribution in [0.5, 0.6) is 0 Å². The summed E-state index contributed by atoms with van der Waals surface area (Å²) in [5, 5.41) is 4.12. The second-order valence-electron chi connectivity index (χ2n) is 4.80. The van der Waals surface area contributed by atoms with E-state index >= 15 is 0 Å². The molecule has 0 saturated carbocycles. The first-order valence-electron chi connectivity index (χ1n) is 6.99. The van der Waals surface area contributed by atoms with E-state index in [1.54, 1.807) is 0 Å². The number of likely N-dealkylation sites (N-methyl/N-ethyl adjacent to an activating group) is 1. The van der Waals surface area contributed by atoms with Crippen molar-refractivity contribution in [3.63, 3.8) is 0 Å². The lowest BCUT2D eigenvalue weighted by molar-refractivity contribution is -0.0687. The Balaban J connectivity index is 1.99. The highest BCUT2D eigenvalue weighted by Gasteiger charge is 2.20. The molecule has 0 spiro atoms. The van der Waals surface area contributed by atoms with Crippen molar-refractivity contribution < 1.29 is 9.47 Å². The summed E-state index contributed by atoms with van der Waals surface area (Å²) < 4.78 is 11.6. The average Bonchev–Trinajstić information content (AvgIpc) is 2.45. The van der Waals surface area contributed by atoms with Gasteiger partial charge in [0.2, 0.25) is 0 Å². The van der Waals surface area contributed by atoms with Crippen molar-refractivity contribution in [2.45, 2.75) is 32.0 Å². The van der Waals surface area contributed by atoms with Crippen LogP contribution in [0.15, 0.2) is 24.3 Å². The van der Waals surface area contributed by atoms with Crippen LogP contribution in [-0.4, -0.2) is 32.4 Å². The van der Waals surface area contributed by atoms with Crippen molar-refractivity contribution in [3.8, 4) is 0 Å². The lowest BCUT2D eigenvalue weighted by Gasteiger charge is -2.28. The van der Waals surface area contributed by atoms with Crippen LogP contribution in [0.25, 0.3) is 0 Å². The summed E-state index contributed by atoms with van der Waals surface area (Å²) in [5.41, 5.74) is 1.18. The highest BCUT2D eigenvalue weighted by Crippen LogP contribution is 2.24. The van der Waals surface area contributed by atoms with Gasteiger partial charge in [-0.2, -0.15) is 0 Å². The molecule has 106 valence electrons. The fourth-order valence-electron chi connectivity index (χ4n) is 2.24. The van der Waals surface area contributed by atoms with E-state index in [0.717, 1.165) is 44.2 Å². The summed E-state index contributed by atoms with van der Waals surface area (Å²) in [5.74, 6) is 0. The summed E-state index contributed by atoms with van der Waals surface area (Å²) in [7, 11) is 0. The maximum Gasteiger partial charge on any atom is 0.0953 e. The van der Waals surface area contributed by atoms with Gasteiger partial charge in [-0.1, -0.05) is 30.7 Å². The highest BCUT2D eigenvalue weighted by atomic mass is 35.5. The Labute approximate surface area is 120 Å². The van der Waals surface area contributed by atoms with Crippen molar-refractivity contribution in [1.29, 1.82) is 0 Å². The van der Waals surface area contributed by atoms with E-state index in [1.807, 2.05) is 24.3 Å². The molecule has 0 aromatic heterocycles. The Morgan fingerprint density at radius 1 is 1.32 bits per heavy atom. The lowest BCUT2D eigenvalue weighted by Crippen LogP contribution is -2.30. The molecule has 0 bridgehead atoms. The van der Waals surface area contributed by atoms with E-state index in [1.165, 1.54) is 5.56 Å². The predicted octanol–water partition coefficient (Wildman–Crippen LogP) is 3.19. The number of rotatable bonds is 6. The molecule has 1 N–H and O–H groups in total. The van der Waals surface area contributed by atoms with Gasteiger partial charge in [-0.3, -0.25) is 0 Å². The van der Waals surface area contributed by atoms with Crippen LogP contribution in [0.3, 0.4) is 0 Å². The number of ether oxygens (including phenoxy) is 2. The van der Waals surface area contributed by atoms with E-state index in [9.17, 15) is 0 Å². The van der Waals surface area contributed by atoms with Crippen molar-refractivity contribution >= 4 is 11.6 Å². The van der Waals surface area contributed by atoms with E-state index in [2.05, 4.69) is 12.2 Å². The highest BCUT2D eigenvalue weighted by molar-refractivity contribution is 6.30. The van der Waals surface area contributed by atoms with Crippen molar-refractivity contribution in [1.82, 2.24) is 5.32 Å². The molecule has 1 saturated heterocycles. The number of halogens is 1. The third kappa shape index (κ3) is 4.77. The van der Waals surface area contributed by atoms with Crippen LogP contribution in [0.4, 0.5) is 0 Å². The number of hydrogen-bond acceptors (Lipinski definition) is 3.